The van der Waals surface area contributed by atoms with Crippen molar-refractivity contribution in [1.29, 1.82) is 0 Å². The molecule has 1 saturated heterocycles. The van der Waals surface area contributed by atoms with E-state index < -0.39 is 5.95 Å². The first-order valence-corrected chi connectivity index (χ1v) is 4.77. The minimum atomic E-state index is -0.572. The number of imidazole rings is 1. The Kier molecular flexibility index (Phi) is 1.88. The van der Waals surface area contributed by atoms with E-state index in [1.54, 1.807) is 6.33 Å². The highest BCUT2D eigenvalue weighted by Gasteiger charge is 2.21. The first-order valence-electron chi connectivity index (χ1n) is 4.77. The molecular weight excluding hydrogens is 199 g/mol. The molecule has 0 spiro atoms. The normalized spacial score (nSPS) is 21.3. The van der Waals surface area contributed by atoms with E-state index in [0.717, 1.165) is 13.0 Å². The average molecular weight is 208 g/mol. The summed E-state index contributed by atoms with van der Waals surface area (Å²) in [5.41, 5.74) is 0.766. The van der Waals surface area contributed by atoms with Gasteiger partial charge in [-0.2, -0.15) is 4.39 Å². The Balaban J connectivity index is 2.15. The van der Waals surface area contributed by atoms with E-state index >= 15 is 0 Å². The van der Waals surface area contributed by atoms with Crippen LogP contribution in [-0.4, -0.2) is 32.7 Å². The van der Waals surface area contributed by atoms with Gasteiger partial charge in [-0.15, -0.1) is 0 Å². The zero-order valence-corrected chi connectivity index (χ0v) is 7.93. The maximum Gasteiger partial charge on any atom is 0.244 e. The van der Waals surface area contributed by atoms with Gasteiger partial charge in [-0.1, -0.05) is 0 Å². The first kappa shape index (κ1) is 8.72. The molecule has 1 aliphatic heterocycles. The summed E-state index contributed by atoms with van der Waals surface area (Å²) in [6, 6.07) is 0.212. The molecule has 3 rings (SSSR count). The van der Waals surface area contributed by atoms with Crippen LogP contribution in [-0.2, 0) is 4.74 Å². The molecular formula is C9H9FN4O. The Morgan fingerprint density at radius 3 is 3.13 bits per heavy atom. The second kappa shape index (κ2) is 3.23. The van der Waals surface area contributed by atoms with E-state index in [0.29, 0.717) is 12.3 Å². The van der Waals surface area contributed by atoms with E-state index in [-0.39, 0.29) is 11.6 Å². The van der Waals surface area contributed by atoms with Gasteiger partial charge in [0, 0.05) is 6.61 Å². The van der Waals surface area contributed by atoms with Crippen molar-refractivity contribution < 1.29 is 9.13 Å². The lowest BCUT2D eigenvalue weighted by Crippen LogP contribution is -2.08. The summed E-state index contributed by atoms with van der Waals surface area (Å²) in [6.45, 7) is 1.37. The predicted octanol–water partition coefficient (Wildman–Crippen LogP) is 0.927. The maximum absolute atomic E-state index is 13.2. The second-order valence-electron chi connectivity index (χ2n) is 3.51. The molecule has 15 heavy (non-hydrogen) atoms. The van der Waals surface area contributed by atoms with Gasteiger partial charge >= 0.3 is 0 Å². The molecule has 3 heterocycles. The third kappa shape index (κ3) is 1.29. The molecule has 6 heteroatoms. The number of hydrogen-bond donors (Lipinski definition) is 0. The predicted molar refractivity (Wildman–Crippen MR) is 49.8 cm³/mol. The highest BCUT2D eigenvalue weighted by Crippen LogP contribution is 2.23. The number of hydrogen-bond acceptors (Lipinski definition) is 4. The quantitative estimate of drug-likeness (QED) is 0.654. The minimum Gasteiger partial charge on any atom is -0.379 e. The molecule has 0 radical (unpaired) electrons. The van der Waals surface area contributed by atoms with E-state index in [4.69, 9.17) is 4.74 Å². The molecule has 1 unspecified atom stereocenters. The van der Waals surface area contributed by atoms with Gasteiger partial charge in [0.25, 0.3) is 0 Å². The number of fused-ring (bicyclic) bond motifs is 1. The zero-order valence-electron chi connectivity index (χ0n) is 7.93. The average Bonchev–Trinajstić information content (AvgIpc) is 2.85. The SMILES string of the molecule is Fc1ncnc2c1ncn2C1CCOC1. The summed E-state index contributed by atoms with van der Waals surface area (Å²) >= 11 is 0. The summed E-state index contributed by atoms with van der Waals surface area (Å²) in [4.78, 5) is 11.5. The molecule has 1 fully saturated rings. The van der Waals surface area contributed by atoms with Crippen LogP contribution in [0.1, 0.15) is 12.5 Å². The van der Waals surface area contributed by atoms with Crippen LogP contribution in [0.3, 0.4) is 0 Å². The Morgan fingerprint density at radius 2 is 2.33 bits per heavy atom. The van der Waals surface area contributed by atoms with Crippen molar-refractivity contribution in [3.05, 3.63) is 18.6 Å². The smallest absolute Gasteiger partial charge is 0.244 e. The third-order valence-electron chi connectivity index (χ3n) is 2.61. The maximum atomic E-state index is 13.2. The third-order valence-corrected chi connectivity index (χ3v) is 2.61. The van der Waals surface area contributed by atoms with Crippen molar-refractivity contribution in [3.8, 4) is 0 Å². The van der Waals surface area contributed by atoms with Gasteiger partial charge < -0.3 is 9.30 Å². The van der Waals surface area contributed by atoms with Gasteiger partial charge in [-0.05, 0) is 6.42 Å². The highest BCUT2D eigenvalue weighted by atomic mass is 19.1. The molecule has 0 aliphatic carbocycles. The highest BCUT2D eigenvalue weighted by molar-refractivity contribution is 5.69. The van der Waals surface area contributed by atoms with Crippen LogP contribution in [0.2, 0.25) is 0 Å². The molecule has 0 saturated carbocycles. The Labute approximate surface area is 84.9 Å². The summed E-state index contributed by atoms with van der Waals surface area (Å²) < 4.78 is 20.4. The molecule has 0 bridgehead atoms. The molecule has 1 aliphatic rings. The van der Waals surface area contributed by atoms with Crippen LogP contribution < -0.4 is 0 Å². The van der Waals surface area contributed by atoms with Crippen LogP contribution in [0, 0.1) is 5.95 Å². The van der Waals surface area contributed by atoms with Gasteiger partial charge in [-0.25, -0.2) is 15.0 Å². The van der Waals surface area contributed by atoms with Gasteiger partial charge in [-0.3, -0.25) is 0 Å². The van der Waals surface area contributed by atoms with Gasteiger partial charge in [0.2, 0.25) is 5.95 Å². The molecule has 1 atom stereocenters. The lowest BCUT2D eigenvalue weighted by atomic mass is 10.2. The van der Waals surface area contributed by atoms with E-state index in [1.165, 1.54) is 6.33 Å². The van der Waals surface area contributed by atoms with Crippen molar-refractivity contribution in [2.45, 2.75) is 12.5 Å². The van der Waals surface area contributed by atoms with Crippen LogP contribution in [0.4, 0.5) is 4.39 Å². The van der Waals surface area contributed by atoms with Gasteiger partial charge in [0.15, 0.2) is 11.2 Å². The van der Waals surface area contributed by atoms with Gasteiger partial charge in [0.05, 0.1) is 19.0 Å². The first-order chi connectivity index (χ1) is 7.36. The molecule has 5 nitrogen and oxygen atoms in total. The molecule has 0 aromatic carbocycles. The number of halogens is 1. The standard InChI is InChI=1S/C9H9FN4O/c10-8-7-9(12-4-11-8)14(5-13-7)6-1-2-15-3-6/h4-6H,1-3H2. The minimum absolute atomic E-state index is 0.212. The Morgan fingerprint density at radius 1 is 1.40 bits per heavy atom. The summed E-state index contributed by atoms with van der Waals surface area (Å²) in [5.74, 6) is -0.572. The lowest BCUT2D eigenvalue weighted by Gasteiger charge is -2.09. The van der Waals surface area contributed by atoms with Crippen LogP contribution in [0.15, 0.2) is 12.7 Å². The monoisotopic (exact) mass is 208 g/mol. The lowest BCUT2D eigenvalue weighted by molar-refractivity contribution is 0.187. The molecule has 0 amide bonds. The number of ether oxygens (including phenoxy) is 1. The van der Waals surface area contributed by atoms with Crippen LogP contribution in [0.25, 0.3) is 11.2 Å². The topological polar surface area (TPSA) is 52.8 Å². The Hall–Kier alpha value is -1.56. The number of rotatable bonds is 1. The number of nitrogens with zero attached hydrogens (tertiary/aromatic N) is 4. The fourth-order valence-corrected chi connectivity index (χ4v) is 1.83. The molecule has 78 valence electrons. The van der Waals surface area contributed by atoms with E-state index in [2.05, 4.69) is 15.0 Å². The molecule has 2 aromatic heterocycles. The van der Waals surface area contributed by atoms with Crippen molar-refractivity contribution in [1.82, 2.24) is 19.5 Å². The number of aromatic nitrogens is 4. The van der Waals surface area contributed by atoms with Crippen molar-refractivity contribution in [2.75, 3.05) is 13.2 Å². The Bertz CT molecular complexity index is 492. The fourth-order valence-electron chi connectivity index (χ4n) is 1.83. The van der Waals surface area contributed by atoms with Crippen LogP contribution >= 0.6 is 0 Å². The summed E-state index contributed by atoms with van der Waals surface area (Å²) in [7, 11) is 0. The second-order valence-corrected chi connectivity index (χ2v) is 3.51. The van der Waals surface area contributed by atoms with Crippen molar-refractivity contribution in [2.24, 2.45) is 0 Å². The molecule has 0 N–H and O–H groups in total. The van der Waals surface area contributed by atoms with Crippen LogP contribution in [0.5, 0.6) is 0 Å². The largest absolute Gasteiger partial charge is 0.379 e. The summed E-state index contributed by atoms with van der Waals surface area (Å²) in [6.07, 6.45) is 3.73. The zero-order chi connectivity index (χ0) is 10.3. The van der Waals surface area contributed by atoms with Crippen molar-refractivity contribution in [3.63, 3.8) is 0 Å². The molecule has 2 aromatic rings. The van der Waals surface area contributed by atoms with Crippen molar-refractivity contribution >= 4 is 11.2 Å². The summed E-state index contributed by atoms with van der Waals surface area (Å²) in [5, 5.41) is 0. The fraction of sp³-hybridized carbons (Fsp3) is 0.444. The van der Waals surface area contributed by atoms with Gasteiger partial charge in [0.1, 0.15) is 6.33 Å². The van der Waals surface area contributed by atoms with E-state index in [9.17, 15) is 4.39 Å². The van der Waals surface area contributed by atoms with E-state index in [1.807, 2.05) is 4.57 Å².